The summed E-state index contributed by atoms with van der Waals surface area (Å²) >= 11 is 0. The van der Waals surface area contributed by atoms with Crippen molar-refractivity contribution < 1.29 is 28.5 Å². The van der Waals surface area contributed by atoms with Crippen molar-refractivity contribution in [1.29, 1.82) is 0 Å². The molecule has 0 spiro atoms. The number of rotatable bonds is 11. The molecule has 252 valence electrons. The lowest BCUT2D eigenvalue weighted by molar-refractivity contribution is -0.104. The van der Waals surface area contributed by atoms with Crippen LogP contribution in [0.3, 0.4) is 0 Å². The minimum absolute atomic E-state index is 0.0273. The van der Waals surface area contributed by atoms with Crippen LogP contribution in [0.25, 0.3) is 22.3 Å². The van der Waals surface area contributed by atoms with Crippen LogP contribution in [0, 0.1) is 6.92 Å². The molecule has 2 saturated heterocycles. The standard InChI is InChI=1S/C34H51N5O6Si/c1-23-28-16-29(27-12-10-11-13-30(27)44-22-41-6)35-36-32(28)38(21-42-14-15-46(7,8)9)31(23)24(2)37-17-25-19-43-20-26(18-37)39(25)33(40)45-34(3,4)5/h10-13,16,24-26H,14-15,17-22H2,1-9H3. The molecule has 4 heterocycles. The number of hydrogen-bond donors (Lipinski definition) is 0. The predicted octanol–water partition coefficient (Wildman–Crippen LogP) is 6.08. The van der Waals surface area contributed by atoms with Crippen LogP contribution < -0.4 is 4.74 Å². The third-order valence-corrected chi connectivity index (χ3v) is 10.4. The Balaban J connectivity index is 1.49. The molecule has 0 saturated carbocycles. The molecule has 2 aliphatic rings. The molecule has 0 aliphatic carbocycles. The number of fused-ring (bicyclic) bond motifs is 3. The summed E-state index contributed by atoms with van der Waals surface area (Å²) in [5.74, 6) is 0.690. The van der Waals surface area contributed by atoms with Crippen molar-refractivity contribution in [3.63, 3.8) is 0 Å². The number of benzene rings is 1. The summed E-state index contributed by atoms with van der Waals surface area (Å²) in [7, 11) is 0.348. The molecule has 12 heteroatoms. The Morgan fingerprint density at radius 1 is 1.11 bits per heavy atom. The molecule has 2 fully saturated rings. The number of hydrogen-bond acceptors (Lipinski definition) is 9. The lowest BCUT2D eigenvalue weighted by Gasteiger charge is -2.51. The Hall–Kier alpha value is -3.03. The molecular formula is C34H51N5O6Si. The minimum atomic E-state index is -1.26. The van der Waals surface area contributed by atoms with Gasteiger partial charge in [0.2, 0.25) is 0 Å². The maximum Gasteiger partial charge on any atom is 0.411 e. The number of nitrogens with zero attached hydrogens (tertiary/aromatic N) is 5. The van der Waals surface area contributed by atoms with Crippen molar-refractivity contribution >= 4 is 25.2 Å². The Kier molecular flexibility index (Phi) is 10.4. The summed E-state index contributed by atoms with van der Waals surface area (Å²) in [4.78, 5) is 17.6. The summed E-state index contributed by atoms with van der Waals surface area (Å²) < 4.78 is 31.2. The first-order chi connectivity index (χ1) is 21.8. The largest absolute Gasteiger partial charge is 0.467 e. The molecule has 1 aromatic carbocycles. The highest BCUT2D eigenvalue weighted by Crippen LogP contribution is 2.37. The van der Waals surface area contributed by atoms with Gasteiger partial charge >= 0.3 is 6.09 Å². The smallest absolute Gasteiger partial charge is 0.411 e. The van der Waals surface area contributed by atoms with Gasteiger partial charge in [-0.2, -0.15) is 0 Å². The molecule has 46 heavy (non-hydrogen) atoms. The van der Waals surface area contributed by atoms with Crippen LogP contribution in [0.15, 0.2) is 30.3 Å². The van der Waals surface area contributed by atoms with E-state index in [-0.39, 0.29) is 31.0 Å². The van der Waals surface area contributed by atoms with Gasteiger partial charge < -0.3 is 28.3 Å². The van der Waals surface area contributed by atoms with Gasteiger partial charge in [0.25, 0.3) is 0 Å². The van der Waals surface area contributed by atoms with Gasteiger partial charge in [-0.1, -0.05) is 31.8 Å². The topological polar surface area (TPSA) is 100 Å². The predicted molar refractivity (Wildman–Crippen MR) is 181 cm³/mol. The monoisotopic (exact) mass is 653 g/mol. The fourth-order valence-electron chi connectivity index (χ4n) is 6.38. The maximum atomic E-state index is 13.2. The molecule has 2 aromatic heterocycles. The van der Waals surface area contributed by atoms with E-state index in [1.165, 1.54) is 0 Å². The Morgan fingerprint density at radius 2 is 1.80 bits per heavy atom. The minimum Gasteiger partial charge on any atom is -0.467 e. The Bertz CT molecular complexity index is 1500. The number of morpholine rings is 1. The highest BCUT2D eigenvalue weighted by molar-refractivity contribution is 6.76. The summed E-state index contributed by atoms with van der Waals surface area (Å²) in [6.45, 7) is 20.8. The molecule has 2 aliphatic heterocycles. The van der Waals surface area contributed by atoms with Crippen molar-refractivity contribution in [3.05, 3.63) is 41.6 Å². The maximum absolute atomic E-state index is 13.2. The Morgan fingerprint density at radius 3 is 2.46 bits per heavy atom. The second-order valence-corrected chi connectivity index (χ2v) is 20.3. The van der Waals surface area contributed by atoms with Crippen molar-refractivity contribution in [1.82, 2.24) is 24.6 Å². The molecule has 5 rings (SSSR count). The van der Waals surface area contributed by atoms with E-state index in [1.807, 2.05) is 49.9 Å². The van der Waals surface area contributed by atoms with E-state index >= 15 is 0 Å². The number of carbonyl (C=O) groups is 1. The first kappa shape index (κ1) is 34.3. The van der Waals surface area contributed by atoms with Gasteiger partial charge in [0.05, 0.1) is 31.0 Å². The van der Waals surface area contributed by atoms with E-state index < -0.39 is 13.7 Å². The SMILES string of the molecule is COCOc1ccccc1-c1cc2c(C)c(C(C)N3CC4COCC(C3)N4C(=O)OC(C)(C)C)n(COCC[Si](C)(C)C)c2nn1. The highest BCUT2D eigenvalue weighted by atomic mass is 28.3. The van der Waals surface area contributed by atoms with Crippen LogP contribution in [0.5, 0.6) is 5.75 Å². The average molecular weight is 654 g/mol. The second kappa shape index (κ2) is 14.0. The summed E-state index contributed by atoms with van der Waals surface area (Å²) in [6, 6.07) is 10.8. The number of para-hydroxylation sites is 1. The van der Waals surface area contributed by atoms with Crippen molar-refractivity contribution in [2.24, 2.45) is 0 Å². The molecule has 0 radical (unpaired) electrons. The average Bonchev–Trinajstić information content (AvgIpc) is 3.26. The fourth-order valence-corrected chi connectivity index (χ4v) is 7.13. The normalized spacial score (nSPS) is 19.8. The first-order valence-electron chi connectivity index (χ1n) is 16.3. The number of aromatic nitrogens is 3. The van der Waals surface area contributed by atoms with E-state index in [1.54, 1.807) is 7.11 Å². The van der Waals surface area contributed by atoms with E-state index in [2.05, 4.69) is 54.1 Å². The van der Waals surface area contributed by atoms with Gasteiger partial charge in [-0.05, 0) is 64.4 Å². The van der Waals surface area contributed by atoms with Crippen molar-refractivity contribution in [3.8, 4) is 17.0 Å². The molecule has 1 amide bonds. The van der Waals surface area contributed by atoms with Crippen LogP contribution >= 0.6 is 0 Å². The summed E-state index contributed by atoms with van der Waals surface area (Å²) in [6.07, 6.45) is -0.267. The molecule has 3 aromatic rings. The Labute approximate surface area is 274 Å². The quantitative estimate of drug-likeness (QED) is 0.138. The molecule has 11 nitrogen and oxygen atoms in total. The van der Waals surface area contributed by atoms with Crippen LogP contribution in [-0.4, -0.2) is 103 Å². The number of piperazine rings is 1. The van der Waals surface area contributed by atoms with Crippen LogP contribution in [0.1, 0.15) is 45.0 Å². The van der Waals surface area contributed by atoms with Gasteiger partial charge in [-0.25, -0.2) is 4.79 Å². The molecule has 3 atom stereocenters. The van der Waals surface area contributed by atoms with Crippen LogP contribution in [-0.2, 0) is 25.7 Å². The van der Waals surface area contributed by atoms with Gasteiger partial charge in [0.1, 0.15) is 18.1 Å². The number of ether oxygens (including phenoxy) is 5. The van der Waals surface area contributed by atoms with E-state index in [4.69, 9.17) is 28.8 Å². The number of carbonyl (C=O) groups excluding carboxylic acids is 1. The van der Waals surface area contributed by atoms with E-state index in [9.17, 15) is 4.79 Å². The molecular weight excluding hydrogens is 602 g/mol. The summed E-state index contributed by atoms with van der Waals surface area (Å²) in [5, 5.41) is 10.5. The zero-order valence-corrected chi connectivity index (χ0v) is 30.0. The highest BCUT2D eigenvalue weighted by Gasteiger charge is 2.44. The number of aryl methyl sites for hydroxylation is 1. The van der Waals surface area contributed by atoms with E-state index in [0.29, 0.717) is 45.4 Å². The van der Waals surface area contributed by atoms with Gasteiger partial charge in [-0.15, -0.1) is 10.2 Å². The first-order valence-corrected chi connectivity index (χ1v) is 20.0. The fraction of sp³-hybridized carbons (Fsp3) is 0.618. The third-order valence-electron chi connectivity index (χ3n) is 8.67. The summed E-state index contributed by atoms with van der Waals surface area (Å²) in [5.41, 5.74) is 4.11. The zero-order valence-electron chi connectivity index (χ0n) is 29.0. The van der Waals surface area contributed by atoms with Gasteiger partial charge in [0.15, 0.2) is 12.4 Å². The lowest BCUT2D eigenvalue weighted by atomic mass is 10.0. The third kappa shape index (κ3) is 7.74. The van der Waals surface area contributed by atoms with Crippen LogP contribution in [0.4, 0.5) is 4.79 Å². The van der Waals surface area contributed by atoms with Crippen molar-refractivity contribution in [2.75, 3.05) is 46.8 Å². The van der Waals surface area contributed by atoms with Crippen molar-refractivity contribution in [2.45, 2.75) is 90.8 Å². The lowest BCUT2D eigenvalue weighted by Crippen LogP contribution is -2.66. The van der Waals surface area contributed by atoms with Gasteiger partial charge in [-0.3, -0.25) is 9.80 Å². The molecule has 0 N–H and O–H groups in total. The van der Waals surface area contributed by atoms with E-state index in [0.717, 1.165) is 39.6 Å². The number of amides is 1. The molecule has 2 bridgehead atoms. The van der Waals surface area contributed by atoms with Crippen LogP contribution in [0.2, 0.25) is 25.7 Å². The zero-order chi connectivity index (χ0) is 33.2. The van der Waals surface area contributed by atoms with Gasteiger partial charge in [0, 0.05) is 57.6 Å². The molecule has 3 unspecified atom stereocenters. The number of methoxy groups -OCH3 is 1. The second-order valence-electron chi connectivity index (χ2n) is 14.7.